The summed E-state index contributed by atoms with van der Waals surface area (Å²) in [6.45, 7) is 4.92. The van der Waals surface area contributed by atoms with Crippen LogP contribution in [0.1, 0.15) is 45.1 Å². The lowest BCUT2D eigenvalue weighted by atomic mass is 9.77. The molecule has 3 fully saturated rings. The molecule has 7 nitrogen and oxygen atoms in total. The molecule has 180 valence electrons. The number of nitrogens with one attached hydrogen (secondary N) is 1. The Kier molecular flexibility index (Phi) is 5.83. The fourth-order valence-corrected chi connectivity index (χ4v) is 7.79. The van der Waals surface area contributed by atoms with Gasteiger partial charge in [0.15, 0.2) is 0 Å². The summed E-state index contributed by atoms with van der Waals surface area (Å²) in [7, 11) is -7.53. The fraction of sp³-hybridized carbons (Fsp3) is 0.700. The maximum atomic E-state index is 13.3. The van der Waals surface area contributed by atoms with E-state index in [1.54, 1.807) is 4.90 Å². The molecule has 0 atom stereocenters. The number of anilines is 1. The Morgan fingerprint density at radius 3 is 2.16 bits per heavy atom. The SMILES string of the molecule is CCC1(CC)CN(S(=O)(=O)c2cc(C(F)(F)F)ccc2N2CC(NS(=O)(=O)C3CC3)C2)C1. The smallest absolute Gasteiger partial charge is 0.367 e. The van der Waals surface area contributed by atoms with Crippen LogP contribution in [0.5, 0.6) is 0 Å². The van der Waals surface area contributed by atoms with E-state index in [4.69, 9.17) is 0 Å². The number of benzene rings is 1. The Bertz CT molecular complexity index is 1080. The standard InChI is InChI=1S/C20H28F3N3O4S2/c1-3-19(4-2)12-26(13-19)32(29,30)18-9-14(20(21,22)23)5-8-17(18)25-10-15(11-25)24-31(27,28)16-6-7-16/h5,8-9,15-16,24H,3-4,6-7,10-13H2,1-2H3. The van der Waals surface area contributed by atoms with Gasteiger partial charge in [0.05, 0.1) is 22.5 Å². The quantitative estimate of drug-likeness (QED) is 0.599. The third kappa shape index (κ3) is 4.26. The van der Waals surface area contributed by atoms with Crippen LogP contribution in [-0.2, 0) is 26.2 Å². The van der Waals surface area contributed by atoms with Crippen molar-refractivity contribution in [1.82, 2.24) is 9.03 Å². The Labute approximate surface area is 187 Å². The van der Waals surface area contributed by atoms with E-state index < -0.39 is 37.8 Å². The zero-order valence-corrected chi connectivity index (χ0v) is 19.7. The van der Waals surface area contributed by atoms with Crippen LogP contribution in [0.2, 0.25) is 0 Å². The first kappa shape index (κ1) is 23.8. The second-order valence-corrected chi connectivity index (χ2v) is 13.0. The van der Waals surface area contributed by atoms with Crippen molar-refractivity contribution in [2.75, 3.05) is 31.1 Å². The van der Waals surface area contributed by atoms with E-state index in [-0.39, 0.29) is 47.4 Å². The molecule has 2 saturated heterocycles. The molecule has 1 aliphatic carbocycles. The van der Waals surface area contributed by atoms with Gasteiger partial charge < -0.3 is 4.90 Å². The molecule has 2 heterocycles. The van der Waals surface area contributed by atoms with E-state index in [9.17, 15) is 30.0 Å². The number of sulfonamides is 2. The van der Waals surface area contributed by atoms with E-state index >= 15 is 0 Å². The number of hydrogen-bond donors (Lipinski definition) is 1. The monoisotopic (exact) mass is 495 g/mol. The van der Waals surface area contributed by atoms with Gasteiger partial charge in [-0.2, -0.15) is 17.5 Å². The van der Waals surface area contributed by atoms with E-state index in [0.717, 1.165) is 18.9 Å². The first-order valence-corrected chi connectivity index (χ1v) is 13.8. The third-order valence-corrected chi connectivity index (χ3v) is 10.8. The fourth-order valence-electron chi connectivity index (χ4n) is 4.32. The maximum absolute atomic E-state index is 13.3. The lowest BCUT2D eigenvalue weighted by Gasteiger charge is -2.49. The molecule has 1 aromatic rings. The van der Waals surface area contributed by atoms with Crippen LogP contribution in [0.15, 0.2) is 23.1 Å². The van der Waals surface area contributed by atoms with Gasteiger partial charge in [-0.1, -0.05) is 13.8 Å². The van der Waals surface area contributed by atoms with Crippen LogP contribution in [0.4, 0.5) is 18.9 Å². The van der Waals surface area contributed by atoms with E-state index in [2.05, 4.69) is 4.72 Å². The molecule has 0 spiro atoms. The predicted octanol–water partition coefficient (Wildman–Crippen LogP) is 2.79. The second-order valence-electron chi connectivity index (χ2n) is 9.12. The van der Waals surface area contributed by atoms with Crippen molar-refractivity contribution >= 4 is 25.7 Å². The third-order valence-electron chi connectivity index (χ3n) is 6.94. The molecule has 4 rings (SSSR count). The van der Waals surface area contributed by atoms with Gasteiger partial charge in [0.1, 0.15) is 4.90 Å². The summed E-state index contributed by atoms with van der Waals surface area (Å²) in [5.74, 6) is 0. The van der Waals surface area contributed by atoms with Gasteiger partial charge in [-0.3, -0.25) is 0 Å². The molecule has 0 radical (unpaired) electrons. The van der Waals surface area contributed by atoms with Crippen LogP contribution in [0.25, 0.3) is 0 Å². The first-order valence-electron chi connectivity index (χ1n) is 10.8. The van der Waals surface area contributed by atoms with Gasteiger partial charge in [-0.15, -0.1) is 0 Å². The zero-order chi connectivity index (χ0) is 23.5. The lowest BCUT2D eigenvalue weighted by Crippen LogP contribution is -2.60. The summed E-state index contributed by atoms with van der Waals surface area (Å²) < 4.78 is 94.7. The van der Waals surface area contributed by atoms with Crippen molar-refractivity contribution < 1.29 is 30.0 Å². The van der Waals surface area contributed by atoms with Crippen LogP contribution in [0, 0.1) is 5.41 Å². The van der Waals surface area contributed by atoms with E-state index in [1.165, 1.54) is 10.4 Å². The van der Waals surface area contributed by atoms with Crippen LogP contribution >= 0.6 is 0 Å². The number of rotatable bonds is 8. The Morgan fingerprint density at radius 2 is 1.66 bits per heavy atom. The van der Waals surface area contributed by atoms with Crippen molar-refractivity contribution in [1.29, 1.82) is 0 Å². The minimum Gasteiger partial charge on any atom is -0.367 e. The Balaban J connectivity index is 1.58. The summed E-state index contributed by atoms with van der Waals surface area (Å²) in [6, 6.07) is 2.35. The topological polar surface area (TPSA) is 86.8 Å². The maximum Gasteiger partial charge on any atom is 0.416 e. The molecule has 32 heavy (non-hydrogen) atoms. The summed E-state index contributed by atoms with van der Waals surface area (Å²) >= 11 is 0. The molecular formula is C20H28F3N3O4S2. The molecule has 0 unspecified atom stereocenters. The predicted molar refractivity (Wildman–Crippen MR) is 114 cm³/mol. The van der Waals surface area contributed by atoms with Gasteiger partial charge in [0, 0.05) is 26.2 Å². The second kappa shape index (κ2) is 7.85. The highest BCUT2D eigenvalue weighted by Crippen LogP contribution is 2.43. The van der Waals surface area contributed by atoms with Gasteiger partial charge in [-0.25, -0.2) is 21.6 Å². The highest BCUT2D eigenvalue weighted by Gasteiger charge is 2.48. The molecular weight excluding hydrogens is 467 g/mol. The Hall–Kier alpha value is -1.37. The number of alkyl halides is 3. The van der Waals surface area contributed by atoms with E-state index in [0.29, 0.717) is 18.9 Å². The molecule has 12 heteroatoms. The highest BCUT2D eigenvalue weighted by atomic mass is 32.2. The molecule has 1 N–H and O–H groups in total. The minimum atomic E-state index is -4.67. The number of nitrogens with zero attached hydrogens (tertiary/aromatic N) is 2. The van der Waals surface area contributed by atoms with E-state index in [1.807, 2.05) is 13.8 Å². The Morgan fingerprint density at radius 1 is 1.06 bits per heavy atom. The lowest BCUT2D eigenvalue weighted by molar-refractivity contribution is -0.137. The van der Waals surface area contributed by atoms with Gasteiger partial charge in [0.25, 0.3) is 0 Å². The van der Waals surface area contributed by atoms with Gasteiger partial charge in [-0.05, 0) is 49.3 Å². The average Bonchev–Trinajstić information content (AvgIpc) is 3.49. The zero-order valence-electron chi connectivity index (χ0n) is 18.0. The molecule has 2 aliphatic heterocycles. The largest absolute Gasteiger partial charge is 0.416 e. The molecule has 0 amide bonds. The van der Waals surface area contributed by atoms with Crippen LogP contribution in [0.3, 0.4) is 0 Å². The van der Waals surface area contributed by atoms with Crippen molar-refractivity contribution in [2.45, 2.75) is 61.9 Å². The summed E-state index contributed by atoms with van der Waals surface area (Å²) in [4.78, 5) is 1.23. The molecule has 0 bridgehead atoms. The van der Waals surface area contributed by atoms with Crippen molar-refractivity contribution in [3.63, 3.8) is 0 Å². The molecule has 1 saturated carbocycles. The number of halogens is 3. The minimum absolute atomic E-state index is 0.141. The van der Waals surface area contributed by atoms with Crippen molar-refractivity contribution in [3.8, 4) is 0 Å². The van der Waals surface area contributed by atoms with Crippen LogP contribution in [-0.4, -0.2) is 58.6 Å². The van der Waals surface area contributed by atoms with Crippen molar-refractivity contribution in [3.05, 3.63) is 23.8 Å². The average molecular weight is 496 g/mol. The van der Waals surface area contributed by atoms with Crippen LogP contribution < -0.4 is 9.62 Å². The summed E-state index contributed by atoms with van der Waals surface area (Å²) in [5.41, 5.74) is -0.993. The van der Waals surface area contributed by atoms with Gasteiger partial charge in [0.2, 0.25) is 20.0 Å². The summed E-state index contributed by atoms with van der Waals surface area (Å²) in [6.07, 6.45) is -1.84. The first-order chi connectivity index (χ1) is 14.8. The summed E-state index contributed by atoms with van der Waals surface area (Å²) in [5, 5.41) is -0.373. The van der Waals surface area contributed by atoms with Gasteiger partial charge >= 0.3 is 6.18 Å². The highest BCUT2D eigenvalue weighted by molar-refractivity contribution is 7.90. The normalized spacial score (nSPS) is 22.5. The van der Waals surface area contributed by atoms with Crippen molar-refractivity contribution in [2.24, 2.45) is 5.41 Å². The molecule has 0 aromatic heterocycles. The number of hydrogen-bond acceptors (Lipinski definition) is 5. The molecule has 3 aliphatic rings. The molecule has 1 aromatic carbocycles.